The van der Waals surface area contributed by atoms with Gasteiger partial charge in [-0.2, -0.15) is 13.2 Å². The van der Waals surface area contributed by atoms with Crippen LogP contribution in [0.25, 0.3) is 0 Å². The van der Waals surface area contributed by atoms with Crippen LogP contribution in [-0.2, 0) is 12.7 Å². The van der Waals surface area contributed by atoms with E-state index in [-0.39, 0.29) is 12.1 Å². The standard InChI is InChI=1S/C14H21F3N2O/c1-4-19(9-13(2,3)20)11-5-6-12(14(15,16)17)10(7-11)8-18/h5-7,20H,4,8-9,18H2,1-3H3. The van der Waals surface area contributed by atoms with Crippen LogP contribution >= 0.6 is 0 Å². The minimum atomic E-state index is -4.40. The molecule has 0 fully saturated rings. The number of aliphatic hydroxyl groups is 1. The molecule has 114 valence electrons. The molecule has 0 saturated carbocycles. The number of nitrogens with zero attached hydrogens (tertiary/aromatic N) is 1. The number of halogens is 3. The molecule has 0 unspecified atom stereocenters. The molecule has 0 amide bonds. The summed E-state index contributed by atoms with van der Waals surface area (Å²) in [6, 6.07) is 3.90. The monoisotopic (exact) mass is 290 g/mol. The molecule has 0 bridgehead atoms. The number of alkyl halides is 3. The lowest BCUT2D eigenvalue weighted by Crippen LogP contribution is -2.38. The summed E-state index contributed by atoms with van der Waals surface area (Å²) in [5.41, 5.74) is 4.47. The molecule has 1 aromatic rings. The van der Waals surface area contributed by atoms with Crippen molar-refractivity contribution in [3.05, 3.63) is 29.3 Å². The summed E-state index contributed by atoms with van der Waals surface area (Å²) < 4.78 is 38.4. The molecule has 6 heteroatoms. The fourth-order valence-electron chi connectivity index (χ4n) is 2.07. The van der Waals surface area contributed by atoms with Gasteiger partial charge in [0.25, 0.3) is 0 Å². The van der Waals surface area contributed by atoms with Gasteiger partial charge in [0.2, 0.25) is 0 Å². The van der Waals surface area contributed by atoms with Crippen LogP contribution in [0.5, 0.6) is 0 Å². The molecule has 0 aliphatic rings. The summed E-state index contributed by atoms with van der Waals surface area (Å²) in [6.45, 7) is 5.93. The predicted molar refractivity (Wildman–Crippen MR) is 73.5 cm³/mol. The average molecular weight is 290 g/mol. The maximum Gasteiger partial charge on any atom is 0.416 e. The van der Waals surface area contributed by atoms with Crippen molar-refractivity contribution in [1.29, 1.82) is 0 Å². The van der Waals surface area contributed by atoms with E-state index in [4.69, 9.17) is 5.73 Å². The maximum atomic E-state index is 12.8. The van der Waals surface area contributed by atoms with E-state index in [1.807, 2.05) is 11.8 Å². The highest BCUT2D eigenvalue weighted by Gasteiger charge is 2.33. The first kappa shape index (κ1) is 16.8. The first-order valence-electron chi connectivity index (χ1n) is 6.46. The highest BCUT2D eigenvalue weighted by molar-refractivity contribution is 5.52. The van der Waals surface area contributed by atoms with Crippen LogP contribution in [0.2, 0.25) is 0 Å². The lowest BCUT2D eigenvalue weighted by Gasteiger charge is -2.30. The second-order valence-electron chi connectivity index (χ2n) is 5.37. The molecule has 0 aliphatic heterocycles. The molecular formula is C14H21F3N2O. The number of benzene rings is 1. The van der Waals surface area contributed by atoms with Gasteiger partial charge in [0.1, 0.15) is 0 Å². The highest BCUT2D eigenvalue weighted by atomic mass is 19.4. The molecule has 1 rings (SSSR count). The van der Waals surface area contributed by atoms with Crippen LogP contribution in [0.4, 0.5) is 18.9 Å². The molecule has 0 atom stereocenters. The van der Waals surface area contributed by atoms with Crippen molar-refractivity contribution in [3.8, 4) is 0 Å². The lowest BCUT2D eigenvalue weighted by atomic mass is 10.0. The molecule has 0 heterocycles. The molecular weight excluding hydrogens is 269 g/mol. The molecule has 1 aromatic carbocycles. The minimum absolute atomic E-state index is 0.0594. The smallest absolute Gasteiger partial charge is 0.389 e. The third kappa shape index (κ3) is 4.38. The second-order valence-corrected chi connectivity index (χ2v) is 5.37. The largest absolute Gasteiger partial charge is 0.416 e. The number of likely N-dealkylation sites (N-methyl/N-ethyl adjacent to an activating group) is 1. The van der Waals surface area contributed by atoms with Crippen LogP contribution in [0.15, 0.2) is 18.2 Å². The van der Waals surface area contributed by atoms with Crippen LogP contribution in [0.1, 0.15) is 31.9 Å². The quantitative estimate of drug-likeness (QED) is 0.876. The third-order valence-electron chi connectivity index (χ3n) is 2.94. The summed E-state index contributed by atoms with van der Waals surface area (Å²) in [5, 5.41) is 9.84. The molecule has 0 spiro atoms. The van der Waals surface area contributed by atoms with Gasteiger partial charge in [0, 0.05) is 25.3 Å². The summed E-state index contributed by atoms with van der Waals surface area (Å²) in [7, 11) is 0. The summed E-state index contributed by atoms with van der Waals surface area (Å²) in [5.74, 6) is 0. The van der Waals surface area contributed by atoms with Crippen molar-refractivity contribution >= 4 is 5.69 Å². The number of anilines is 1. The fraction of sp³-hybridized carbons (Fsp3) is 0.571. The Morgan fingerprint density at radius 3 is 2.25 bits per heavy atom. The minimum Gasteiger partial charge on any atom is -0.389 e. The van der Waals surface area contributed by atoms with Crippen LogP contribution in [0, 0.1) is 0 Å². The van der Waals surface area contributed by atoms with E-state index in [9.17, 15) is 18.3 Å². The number of hydrogen-bond donors (Lipinski definition) is 2. The molecule has 0 aromatic heterocycles. The van der Waals surface area contributed by atoms with Gasteiger partial charge in [0.05, 0.1) is 11.2 Å². The zero-order chi connectivity index (χ0) is 15.6. The Labute approximate surface area is 117 Å². The summed E-state index contributed by atoms with van der Waals surface area (Å²) in [4.78, 5) is 1.82. The maximum absolute atomic E-state index is 12.8. The van der Waals surface area contributed by atoms with Gasteiger partial charge in [0.15, 0.2) is 0 Å². The average Bonchev–Trinajstić information content (AvgIpc) is 2.33. The van der Waals surface area contributed by atoms with Crippen molar-refractivity contribution < 1.29 is 18.3 Å². The Balaban J connectivity index is 3.14. The molecule has 0 radical (unpaired) electrons. The van der Waals surface area contributed by atoms with Gasteiger partial charge in [-0.05, 0) is 44.5 Å². The van der Waals surface area contributed by atoms with E-state index in [1.165, 1.54) is 12.1 Å². The van der Waals surface area contributed by atoms with E-state index >= 15 is 0 Å². The number of hydrogen-bond acceptors (Lipinski definition) is 3. The van der Waals surface area contributed by atoms with Gasteiger partial charge < -0.3 is 15.7 Å². The second kappa shape index (κ2) is 6.01. The van der Waals surface area contributed by atoms with Gasteiger partial charge in [-0.3, -0.25) is 0 Å². The highest BCUT2D eigenvalue weighted by Crippen LogP contribution is 2.34. The van der Waals surface area contributed by atoms with Crippen LogP contribution in [-0.4, -0.2) is 23.8 Å². The van der Waals surface area contributed by atoms with E-state index in [0.717, 1.165) is 6.07 Å². The molecule has 20 heavy (non-hydrogen) atoms. The van der Waals surface area contributed by atoms with E-state index < -0.39 is 17.3 Å². The summed E-state index contributed by atoms with van der Waals surface area (Å²) in [6.07, 6.45) is -4.40. The van der Waals surface area contributed by atoms with Gasteiger partial charge >= 0.3 is 6.18 Å². The number of nitrogens with two attached hydrogens (primary N) is 1. The van der Waals surface area contributed by atoms with Gasteiger partial charge in [-0.25, -0.2) is 0 Å². The Hall–Kier alpha value is -1.27. The molecule has 0 aliphatic carbocycles. The van der Waals surface area contributed by atoms with Crippen LogP contribution in [0.3, 0.4) is 0 Å². The van der Waals surface area contributed by atoms with Crippen molar-refractivity contribution in [2.75, 3.05) is 18.0 Å². The first-order chi connectivity index (χ1) is 9.08. The van der Waals surface area contributed by atoms with E-state index in [0.29, 0.717) is 18.8 Å². The Morgan fingerprint density at radius 2 is 1.85 bits per heavy atom. The Kier molecular flexibility index (Phi) is 5.05. The topological polar surface area (TPSA) is 49.5 Å². The Bertz CT molecular complexity index is 453. The Morgan fingerprint density at radius 1 is 1.25 bits per heavy atom. The van der Waals surface area contributed by atoms with Crippen LogP contribution < -0.4 is 10.6 Å². The molecule has 3 nitrogen and oxygen atoms in total. The fourth-order valence-corrected chi connectivity index (χ4v) is 2.07. The predicted octanol–water partition coefficient (Wildman–Crippen LogP) is 2.76. The van der Waals surface area contributed by atoms with Gasteiger partial charge in [-0.15, -0.1) is 0 Å². The zero-order valence-electron chi connectivity index (χ0n) is 12.0. The van der Waals surface area contributed by atoms with Crippen molar-refractivity contribution in [2.45, 2.75) is 39.1 Å². The van der Waals surface area contributed by atoms with E-state index in [2.05, 4.69) is 0 Å². The molecule has 0 saturated heterocycles. The molecule has 3 N–H and O–H groups in total. The zero-order valence-corrected chi connectivity index (χ0v) is 12.0. The van der Waals surface area contributed by atoms with Crippen molar-refractivity contribution in [2.24, 2.45) is 5.73 Å². The van der Waals surface area contributed by atoms with E-state index in [1.54, 1.807) is 13.8 Å². The SMILES string of the molecule is CCN(CC(C)(C)O)c1ccc(C(F)(F)F)c(CN)c1. The number of rotatable bonds is 5. The van der Waals surface area contributed by atoms with Gasteiger partial charge in [-0.1, -0.05) is 0 Å². The van der Waals surface area contributed by atoms with Crippen molar-refractivity contribution in [3.63, 3.8) is 0 Å². The van der Waals surface area contributed by atoms with Crippen molar-refractivity contribution in [1.82, 2.24) is 0 Å². The summed E-state index contributed by atoms with van der Waals surface area (Å²) >= 11 is 0. The first-order valence-corrected chi connectivity index (χ1v) is 6.46. The normalized spacial score (nSPS) is 12.6. The third-order valence-corrected chi connectivity index (χ3v) is 2.94. The lowest BCUT2D eigenvalue weighted by molar-refractivity contribution is -0.138.